The third kappa shape index (κ3) is 35.2. The quantitative estimate of drug-likeness (QED) is 0.0286. The van der Waals surface area contributed by atoms with Gasteiger partial charge in [0.25, 0.3) is 10.1 Å². The van der Waals surface area contributed by atoms with E-state index in [1.807, 2.05) is 0 Å². The lowest BCUT2D eigenvalue weighted by atomic mass is 10.0. The SMILES string of the molecule is CCCCCCCCCC/C=C\CCCCCCCCC(O)C(=O)NC(CS(=O)(=O)O)C(O)CCCCCCCCCCCCCCCC. The van der Waals surface area contributed by atoms with Gasteiger partial charge in [0, 0.05) is 0 Å². The van der Waals surface area contributed by atoms with Crippen LogP contribution in [0.25, 0.3) is 0 Å². The highest BCUT2D eigenvalue weighted by Gasteiger charge is 2.28. The first-order valence-corrected chi connectivity index (χ1v) is 22.6. The molecule has 292 valence electrons. The summed E-state index contributed by atoms with van der Waals surface area (Å²) in [7, 11) is -4.40. The van der Waals surface area contributed by atoms with Crippen LogP contribution < -0.4 is 5.32 Å². The van der Waals surface area contributed by atoms with Crippen LogP contribution in [0.3, 0.4) is 0 Å². The van der Waals surface area contributed by atoms with Gasteiger partial charge in [0.1, 0.15) is 6.10 Å². The van der Waals surface area contributed by atoms with Crippen LogP contribution in [-0.2, 0) is 14.9 Å². The molecule has 3 unspecified atom stereocenters. The lowest BCUT2D eigenvalue weighted by Gasteiger charge is -2.24. The van der Waals surface area contributed by atoms with Gasteiger partial charge in [-0.05, 0) is 38.5 Å². The lowest BCUT2D eigenvalue weighted by Crippen LogP contribution is -2.50. The van der Waals surface area contributed by atoms with E-state index in [-0.39, 0.29) is 0 Å². The topological polar surface area (TPSA) is 124 Å². The Morgan fingerprint density at radius 3 is 1.22 bits per heavy atom. The number of carbonyl (C=O) groups is 1. The first-order chi connectivity index (χ1) is 23.7. The van der Waals surface area contributed by atoms with Crippen LogP contribution >= 0.6 is 0 Å². The molecule has 7 nitrogen and oxygen atoms in total. The average molecular weight is 716 g/mol. The van der Waals surface area contributed by atoms with Gasteiger partial charge in [-0.15, -0.1) is 0 Å². The maximum atomic E-state index is 12.6. The Kier molecular flexibility index (Phi) is 34.7. The van der Waals surface area contributed by atoms with Gasteiger partial charge in [0.05, 0.1) is 17.9 Å². The second kappa shape index (κ2) is 35.4. The van der Waals surface area contributed by atoms with Crippen LogP contribution in [0.1, 0.15) is 219 Å². The Labute approximate surface area is 304 Å². The van der Waals surface area contributed by atoms with Crippen LogP contribution in [0.15, 0.2) is 12.2 Å². The standard InChI is InChI=1S/C41H81NO6S/c1-3-5-7-9-11-13-15-17-19-20-21-22-24-26-28-30-32-34-36-40(44)41(45)42-38(37-49(46,47)48)39(43)35-33-31-29-27-25-23-18-16-14-12-10-8-6-4-2/h20-21,38-40,43-44H,3-19,22-37H2,1-2H3,(H,42,45)(H,46,47,48)/b21-20-. The minimum absolute atomic E-state index is 0.293. The highest BCUT2D eigenvalue weighted by molar-refractivity contribution is 7.85. The Balaban J connectivity index is 3.96. The molecule has 0 aromatic carbocycles. The van der Waals surface area contributed by atoms with E-state index in [0.717, 1.165) is 51.4 Å². The van der Waals surface area contributed by atoms with Gasteiger partial charge in [0.15, 0.2) is 0 Å². The normalized spacial score (nSPS) is 14.0. The molecular weight excluding hydrogens is 635 g/mol. The van der Waals surface area contributed by atoms with Crippen molar-refractivity contribution in [1.29, 1.82) is 0 Å². The van der Waals surface area contributed by atoms with E-state index in [1.165, 1.54) is 135 Å². The molecule has 0 aromatic heterocycles. The molecule has 0 aromatic rings. The molecule has 0 spiro atoms. The van der Waals surface area contributed by atoms with Gasteiger partial charge in [-0.2, -0.15) is 8.42 Å². The molecule has 1 amide bonds. The zero-order chi connectivity index (χ0) is 36.3. The summed E-state index contributed by atoms with van der Waals surface area (Å²) in [4.78, 5) is 12.6. The molecule has 0 radical (unpaired) electrons. The monoisotopic (exact) mass is 716 g/mol. The minimum Gasteiger partial charge on any atom is -0.391 e. The van der Waals surface area contributed by atoms with Crippen molar-refractivity contribution in [3.63, 3.8) is 0 Å². The zero-order valence-corrected chi connectivity index (χ0v) is 33.0. The van der Waals surface area contributed by atoms with Gasteiger partial charge < -0.3 is 15.5 Å². The van der Waals surface area contributed by atoms with E-state index >= 15 is 0 Å². The van der Waals surface area contributed by atoms with E-state index in [0.29, 0.717) is 19.3 Å². The molecule has 0 bridgehead atoms. The fourth-order valence-corrected chi connectivity index (χ4v) is 7.33. The molecule has 4 N–H and O–H groups in total. The summed E-state index contributed by atoms with van der Waals surface area (Å²) < 4.78 is 32.6. The molecular formula is C41H81NO6S. The summed E-state index contributed by atoms with van der Waals surface area (Å²) in [5.74, 6) is -1.45. The zero-order valence-electron chi connectivity index (χ0n) is 32.2. The van der Waals surface area contributed by atoms with Crippen LogP contribution in [0.5, 0.6) is 0 Å². The third-order valence-corrected chi connectivity index (χ3v) is 10.6. The Hall–Kier alpha value is -0.960. The maximum Gasteiger partial charge on any atom is 0.266 e. The highest BCUT2D eigenvalue weighted by Crippen LogP contribution is 2.16. The first-order valence-electron chi connectivity index (χ1n) is 21.0. The number of nitrogens with one attached hydrogen (secondary N) is 1. The largest absolute Gasteiger partial charge is 0.391 e. The van der Waals surface area contributed by atoms with Crippen molar-refractivity contribution < 1.29 is 28.0 Å². The number of carbonyl (C=O) groups excluding carboxylic acids is 1. The van der Waals surface area contributed by atoms with Gasteiger partial charge in [-0.3, -0.25) is 9.35 Å². The van der Waals surface area contributed by atoms with E-state index in [2.05, 4.69) is 31.3 Å². The van der Waals surface area contributed by atoms with Gasteiger partial charge in [0.2, 0.25) is 5.91 Å². The highest BCUT2D eigenvalue weighted by atomic mass is 32.2. The number of rotatable bonds is 38. The predicted molar refractivity (Wildman–Crippen MR) is 209 cm³/mol. The van der Waals surface area contributed by atoms with Crippen LogP contribution in [0, 0.1) is 0 Å². The van der Waals surface area contributed by atoms with Crippen molar-refractivity contribution in [2.75, 3.05) is 5.75 Å². The van der Waals surface area contributed by atoms with Crippen molar-refractivity contribution in [3.8, 4) is 0 Å². The maximum absolute atomic E-state index is 12.6. The van der Waals surface area contributed by atoms with Crippen molar-refractivity contribution in [2.45, 2.75) is 238 Å². The molecule has 0 heterocycles. The molecule has 0 fully saturated rings. The minimum atomic E-state index is -4.40. The number of hydrogen-bond donors (Lipinski definition) is 4. The Morgan fingerprint density at radius 1 is 0.531 bits per heavy atom. The predicted octanol–water partition coefficient (Wildman–Crippen LogP) is 11.2. The van der Waals surface area contributed by atoms with Gasteiger partial charge in [-0.1, -0.05) is 193 Å². The van der Waals surface area contributed by atoms with E-state index < -0.39 is 40.0 Å². The van der Waals surface area contributed by atoms with Crippen LogP contribution in [0.4, 0.5) is 0 Å². The number of aliphatic hydroxyl groups excluding tert-OH is 2. The van der Waals surface area contributed by atoms with Crippen molar-refractivity contribution in [2.24, 2.45) is 0 Å². The summed E-state index contributed by atoms with van der Waals surface area (Å²) in [5, 5.41) is 23.5. The molecule has 49 heavy (non-hydrogen) atoms. The Morgan fingerprint density at radius 2 is 0.857 bits per heavy atom. The molecule has 0 saturated carbocycles. The number of allylic oxidation sites excluding steroid dienone is 2. The molecule has 0 rings (SSSR count). The van der Waals surface area contributed by atoms with Gasteiger partial charge >= 0.3 is 0 Å². The first kappa shape index (κ1) is 48.0. The van der Waals surface area contributed by atoms with E-state index in [1.54, 1.807) is 0 Å². The van der Waals surface area contributed by atoms with Crippen molar-refractivity contribution in [1.82, 2.24) is 5.32 Å². The second-order valence-electron chi connectivity index (χ2n) is 14.8. The smallest absolute Gasteiger partial charge is 0.266 e. The van der Waals surface area contributed by atoms with Crippen molar-refractivity contribution in [3.05, 3.63) is 12.2 Å². The Bertz CT molecular complexity index is 849. The number of hydrogen-bond acceptors (Lipinski definition) is 5. The van der Waals surface area contributed by atoms with E-state index in [4.69, 9.17) is 0 Å². The number of amides is 1. The summed E-state index contributed by atoms with van der Waals surface area (Å²) in [6, 6.07) is -1.14. The number of unbranched alkanes of at least 4 members (excludes halogenated alkanes) is 27. The van der Waals surface area contributed by atoms with Crippen LogP contribution in [-0.4, -0.2) is 53.1 Å². The van der Waals surface area contributed by atoms with Gasteiger partial charge in [-0.25, -0.2) is 0 Å². The number of aliphatic hydroxyl groups is 2. The molecule has 8 heteroatoms. The average Bonchev–Trinajstić information content (AvgIpc) is 3.06. The third-order valence-electron chi connectivity index (χ3n) is 9.83. The fourth-order valence-electron chi connectivity index (χ4n) is 6.57. The molecule has 0 aliphatic rings. The fraction of sp³-hybridized carbons (Fsp3) is 0.927. The molecule has 0 saturated heterocycles. The lowest BCUT2D eigenvalue weighted by molar-refractivity contribution is -0.131. The summed E-state index contributed by atoms with van der Waals surface area (Å²) in [6.07, 6.45) is 39.4. The summed E-state index contributed by atoms with van der Waals surface area (Å²) in [5.41, 5.74) is 0. The molecule has 3 atom stereocenters. The van der Waals surface area contributed by atoms with Crippen LogP contribution in [0.2, 0.25) is 0 Å². The summed E-state index contributed by atoms with van der Waals surface area (Å²) in [6.45, 7) is 4.51. The van der Waals surface area contributed by atoms with Crippen molar-refractivity contribution >= 4 is 16.0 Å². The molecule has 0 aliphatic carbocycles. The van der Waals surface area contributed by atoms with E-state index in [9.17, 15) is 28.0 Å². The summed E-state index contributed by atoms with van der Waals surface area (Å²) >= 11 is 0. The second-order valence-corrected chi connectivity index (χ2v) is 16.3. The molecule has 0 aliphatic heterocycles.